The van der Waals surface area contributed by atoms with E-state index in [2.05, 4.69) is 41.6 Å². The summed E-state index contributed by atoms with van der Waals surface area (Å²) in [6.07, 6.45) is 1.20. The van der Waals surface area contributed by atoms with Crippen molar-refractivity contribution in [3.8, 4) is 0 Å². The van der Waals surface area contributed by atoms with Gasteiger partial charge in [-0.3, -0.25) is 9.69 Å². The van der Waals surface area contributed by atoms with Crippen LogP contribution in [0.2, 0.25) is 0 Å². The number of amides is 1. The molecule has 0 aliphatic carbocycles. The van der Waals surface area contributed by atoms with E-state index in [4.69, 9.17) is 0 Å². The van der Waals surface area contributed by atoms with Crippen molar-refractivity contribution in [3.05, 3.63) is 34.3 Å². The molecule has 1 saturated heterocycles. The van der Waals surface area contributed by atoms with Gasteiger partial charge in [0.15, 0.2) is 0 Å². The monoisotopic (exact) mass is 352 g/mol. The molecule has 0 atom stereocenters. The second kappa shape index (κ2) is 6.93. The van der Waals surface area contributed by atoms with Gasteiger partial charge in [-0.2, -0.15) is 0 Å². The van der Waals surface area contributed by atoms with Crippen LogP contribution in [0.5, 0.6) is 0 Å². The third kappa shape index (κ3) is 5.11. The Kier molecular flexibility index (Phi) is 5.44. The summed E-state index contributed by atoms with van der Waals surface area (Å²) in [6.45, 7) is 11.6. The number of halogens is 1. The maximum atomic E-state index is 12.5. The Morgan fingerprint density at radius 3 is 2.43 bits per heavy atom. The molecular formula is C17H25BrN2O. The molecule has 0 aromatic heterocycles. The molecule has 1 heterocycles. The van der Waals surface area contributed by atoms with E-state index in [0.717, 1.165) is 42.8 Å². The lowest BCUT2D eigenvalue weighted by atomic mass is 9.92. The summed E-state index contributed by atoms with van der Waals surface area (Å²) >= 11 is 3.42. The molecule has 116 valence electrons. The third-order valence-corrected chi connectivity index (χ3v) is 4.40. The van der Waals surface area contributed by atoms with Gasteiger partial charge in [0, 0.05) is 36.2 Å². The highest BCUT2D eigenvalue weighted by Crippen LogP contribution is 2.20. The summed E-state index contributed by atoms with van der Waals surface area (Å²) in [5, 5.41) is 0. The molecule has 1 aliphatic heterocycles. The van der Waals surface area contributed by atoms with E-state index in [1.807, 2.05) is 29.2 Å². The molecule has 1 aliphatic rings. The van der Waals surface area contributed by atoms with Crippen molar-refractivity contribution in [2.24, 2.45) is 5.41 Å². The van der Waals surface area contributed by atoms with Crippen LogP contribution in [-0.2, 0) is 0 Å². The van der Waals surface area contributed by atoms with Crippen molar-refractivity contribution in [2.75, 3.05) is 32.7 Å². The van der Waals surface area contributed by atoms with E-state index < -0.39 is 0 Å². The SMILES string of the molecule is CC(C)(C)CCN1CCN(C(=O)c2cccc(Br)c2)CC1. The fourth-order valence-corrected chi connectivity index (χ4v) is 2.87. The van der Waals surface area contributed by atoms with Crippen LogP contribution in [0.3, 0.4) is 0 Å². The van der Waals surface area contributed by atoms with Gasteiger partial charge in [0.25, 0.3) is 5.91 Å². The van der Waals surface area contributed by atoms with Crippen molar-refractivity contribution in [1.82, 2.24) is 9.80 Å². The second-order valence-corrected chi connectivity index (χ2v) is 7.87. The molecule has 0 N–H and O–H groups in total. The molecule has 2 rings (SSSR count). The Morgan fingerprint density at radius 2 is 1.86 bits per heavy atom. The number of carbonyl (C=O) groups is 1. The molecule has 0 bridgehead atoms. The second-order valence-electron chi connectivity index (χ2n) is 6.95. The number of hydrogen-bond donors (Lipinski definition) is 0. The predicted octanol–water partition coefficient (Wildman–Crippen LogP) is 3.64. The van der Waals surface area contributed by atoms with E-state index in [9.17, 15) is 4.79 Å². The maximum absolute atomic E-state index is 12.5. The van der Waals surface area contributed by atoms with Gasteiger partial charge in [-0.05, 0) is 36.6 Å². The minimum absolute atomic E-state index is 0.145. The Morgan fingerprint density at radius 1 is 1.19 bits per heavy atom. The van der Waals surface area contributed by atoms with Gasteiger partial charge in [-0.25, -0.2) is 0 Å². The van der Waals surface area contributed by atoms with Crippen LogP contribution in [0, 0.1) is 5.41 Å². The van der Waals surface area contributed by atoms with E-state index in [0.29, 0.717) is 5.41 Å². The largest absolute Gasteiger partial charge is 0.336 e. The molecule has 21 heavy (non-hydrogen) atoms. The fourth-order valence-electron chi connectivity index (χ4n) is 2.47. The number of carbonyl (C=O) groups excluding carboxylic acids is 1. The third-order valence-electron chi connectivity index (χ3n) is 3.91. The lowest BCUT2D eigenvalue weighted by Crippen LogP contribution is -2.49. The summed E-state index contributed by atoms with van der Waals surface area (Å²) in [6, 6.07) is 7.64. The van der Waals surface area contributed by atoms with Crippen LogP contribution in [-0.4, -0.2) is 48.4 Å². The molecule has 3 nitrogen and oxygen atoms in total. The Labute approximate surface area is 136 Å². The van der Waals surface area contributed by atoms with Gasteiger partial charge < -0.3 is 4.90 Å². The summed E-state index contributed by atoms with van der Waals surface area (Å²) in [5.74, 6) is 0.145. The number of piperazine rings is 1. The molecule has 0 spiro atoms. The highest BCUT2D eigenvalue weighted by molar-refractivity contribution is 9.10. The first-order valence-electron chi connectivity index (χ1n) is 7.62. The minimum Gasteiger partial charge on any atom is -0.336 e. The van der Waals surface area contributed by atoms with Gasteiger partial charge >= 0.3 is 0 Å². The molecule has 0 saturated carbocycles. The summed E-state index contributed by atoms with van der Waals surface area (Å²) in [7, 11) is 0. The molecule has 0 unspecified atom stereocenters. The maximum Gasteiger partial charge on any atom is 0.253 e. The first kappa shape index (κ1) is 16.5. The number of hydrogen-bond acceptors (Lipinski definition) is 2. The van der Waals surface area contributed by atoms with Crippen molar-refractivity contribution < 1.29 is 4.79 Å². The van der Waals surface area contributed by atoms with Gasteiger partial charge in [-0.15, -0.1) is 0 Å². The van der Waals surface area contributed by atoms with Gasteiger partial charge in [0.1, 0.15) is 0 Å². The zero-order valence-electron chi connectivity index (χ0n) is 13.2. The normalized spacial score (nSPS) is 17.0. The molecule has 4 heteroatoms. The molecular weight excluding hydrogens is 328 g/mol. The summed E-state index contributed by atoms with van der Waals surface area (Å²) in [5.41, 5.74) is 1.15. The van der Waals surface area contributed by atoms with Crippen LogP contribution in [0.25, 0.3) is 0 Å². The van der Waals surface area contributed by atoms with E-state index in [1.165, 1.54) is 6.42 Å². The van der Waals surface area contributed by atoms with Crippen LogP contribution < -0.4 is 0 Å². The van der Waals surface area contributed by atoms with Crippen LogP contribution >= 0.6 is 15.9 Å². The molecule has 1 aromatic carbocycles. The number of rotatable bonds is 3. The number of nitrogens with zero attached hydrogens (tertiary/aromatic N) is 2. The Bertz CT molecular complexity index is 488. The average molecular weight is 353 g/mol. The van der Waals surface area contributed by atoms with Crippen molar-refractivity contribution in [1.29, 1.82) is 0 Å². The van der Waals surface area contributed by atoms with Crippen LogP contribution in [0.1, 0.15) is 37.6 Å². The van der Waals surface area contributed by atoms with Crippen molar-refractivity contribution in [2.45, 2.75) is 27.2 Å². The number of benzene rings is 1. The van der Waals surface area contributed by atoms with Gasteiger partial charge in [0.2, 0.25) is 0 Å². The zero-order valence-corrected chi connectivity index (χ0v) is 14.8. The molecule has 1 fully saturated rings. The summed E-state index contributed by atoms with van der Waals surface area (Å²) in [4.78, 5) is 16.9. The van der Waals surface area contributed by atoms with Crippen molar-refractivity contribution in [3.63, 3.8) is 0 Å². The van der Waals surface area contributed by atoms with E-state index in [-0.39, 0.29) is 5.91 Å². The molecule has 0 radical (unpaired) electrons. The zero-order chi connectivity index (χ0) is 15.5. The minimum atomic E-state index is 0.145. The fraction of sp³-hybridized carbons (Fsp3) is 0.588. The lowest BCUT2D eigenvalue weighted by molar-refractivity contribution is 0.0623. The highest BCUT2D eigenvalue weighted by Gasteiger charge is 2.23. The average Bonchev–Trinajstić information content (AvgIpc) is 2.44. The predicted molar refractivity (Wildman–Crippen MR) is 90.6 cm³/mol. The molecule has 1 amide bonds. The quantitative estimate of drug-likeness (QED) is 0.828. The first-order valence-corrected chi connectivity index (χ1v) is 8.42. The first-order chi connectivity index (χ1) is 9.85. The Hall–Kier alpha value is -0.870. The van der Waals surface area contributed by atoms with Gasteiger partial charge in [0.05, 0.1) is 0 Å². The standard InChI is InChI=1S/C17H25BrN2O/c1-17(2,3)7-8-19-9-11-20(12-10-19)16(21)14-5-4-6-15(18)13-14/h4-6,13H,7-12H2,1-3H3. The van der Waals surface area contributed by atoms with E-state index >= 15 is 0 Å². The van der Waals surface area contributed by atoms with Gasteiger partial charge in [-0.1, -0.05) is 42.8 Å². The van der Waals surface area contributed by atoms with Crippen LogP contribution in [0.15, 0.2) is 28.7 Å². The summed E-state index contributed by atoms with van der Waals surface area (Å²) < 4.78 is 0.956. The Balaban J connectivity index is 1.85. The smallest absolute Gasteiger partial charge is 0.253 e. The highest BCUT2D eigenvalue weighted by atomic mass is 79.9. The van der Waals surface area contributed by atoms with Crippen LogP contribution in [0.4, 0.5) is 0 Å². The van der Waals surface area contributed by atoms with Crippen molar-refractivity contribution >= 4 is 21.8 Å². The molecule has 1 aromatic rings. The van der Waals surface area contributed by atoms with E-state index in [1.54, 1.807) is 0 Å². The topological polar surface area (TPSA) is 23.6 Å². The lowest BCUT2D eigenvalue weighted by Gasteiger charge is -2.36.